The van der Waals surface area contributed by atoms with Gasteiger partial charge < -0.3 is 25.3 Å². The summed E-state index contributed by atoms with van der Waals surface area (Å²) < 4.78 is 15.5. The highest BCUT2D eigenvalue weighted by molar-refractivity contribution is 5.83. The van der Waals surface area contributed by atoms with Crippen LogP contribution in [0, 0.1) is 0 Å². The zero-order valence-corrected chi connectivity index (χ0v) is 17.9. The number of hydrogen-bond acceptors (Lipinski definition) is 8. The third kappa shape index (κ3) is 10.9. The van der Waals surface area contributed by atoms with E-state index in [2.05, 4.69) is 5.32 Å². The number of carbonyl (C=O) groups excluding carboxylic acids is 3. The van der Waals surface area contributed by atoms with Gasteiger partial charge in [0.1, 0.15) is 18.7 Å². The Kier molecular flexibility index (Phi) is 13.1. The molecule has 8 heteroatoms. The zero-order valence-electron chi connectivity index (χ0n) is 17.9. The number of hydrogen-bond donors (Lipinski definition) is 2. The van der Waals surface area contributed by atoms with E-state index in [9.17, 15) is 14.4 Å². The van der Waals surface area contributed by atoms with Gasteiger partial charge in [-0.15, -0.1) is 0 Å². The molecule has 0 aromatic heterocycles. The molecule has 168 valence electrons. The standard InChI is InChI=1S/C22H34N2O6/c1-3-5-12-28-20(25)14-19(22(27)29-13-6-4-2)24-15-18(23)21(26)30-16-17-10-8-7-9-11-17/h7-11,18-19,24H,3-6,12-16,23H2,1-2H3/t18-,19-/m0/s1. The van der Waals surface area contributed by atoms with Crippen LogP contribution < -0.4 is 11.1 Å². The number of ether oxygens (including phenoxy) is 3. The Balaban J connectivity index is 2.53. The molecule has 0 bridgehead atoms. The number of nitrogens with one attached hydrogen (secondary N) is 1. The van der Waals surface area contributed by atoms with Crippen LogP contribution in [0.5, 0.6) is 0 Å². The molecule has 0 fully saturated rings. The second-order valence-corrected chi connectivity index (χ2v) is 6.96. The van der Waals surface area contributed by atoms with Crippen molar-refractivity contribution in [2.45, 2.75) is 64.6 Å². The van der Waals surface area contributed by atoms with Gasteiger partial charge in [0.25, 0.3) is 0 Å². The molecule has 0 spiro atoms. The van der Waals surface area contributed by atoms with Crippen LogP contribution >= 0.6 is 0 Å². The molecule has 0 aliphatic rings. The molecule has 0 saturated carbocycles. The molecule has 0 saturated heterocycles. The van der Waals surface area contributed by atoms with Crippen LogP contribution in [-0.2, 0) is 35.2 Å². The Morgan fingerprint density at radius 2 is 1.57 bits per heavy atom. The van der Waals surface area contributed by atoms with Crippen LogP contribution in [-0.4, -0.2) is 49.8 Å². The summed E-state index contributed by atoms with van der Waals surface area (Å²) in [6.07, 6.45) is 3.06. The summed E-state index contributed by atoms with van der Waals surface area (Å²) in [5.74, 6) is -1.68. The van der Waals surface area contributed by atoms with Gasteiger partial charge in [-0.25, -0.2) is 0 Å². The Bertz CT molecular complexity index is 638. The average Bonchev–Trinajstić information content (AvgIpc) is 2.75. The van der Waals surface area contributed by atoms with Crippen molar-refractivity contribution in [2.75, 3.05) is 19.8 Å². The third-order valence-electron chi connectivity index (χ3n) is 4.27. The van der Waals surface area contributed by atoms with E-state index in [1.165, 1.54) is 0 Å². The Hall–Kier alpha value is -2.45. The molecular formula is C22H34N2O6. The number of rotatable bonds is 15. The molecule has 3 N–H and O–H groups in total. The summed E-state index contributed by atoms with van der Waals surface area (Å²) in [5, 5.41) is 2.85. The first-order valence-electron chi connectivity index (χ1n) is 10.5. The maximum atomic E-state index is 12.3. The van der Waals surface area contributed by atoms with Crippen molar-refractivity contribution >= 4 is 17.9 Å². The number of unbranched alkanes of at least 4 members (excludes halogenated alkanes) is 2. The number of benzene rings is 1. The second-order valence-electron chi connectivity index (χ2n) is 6.96. The Morgan fingerprint density at radius 3 is 2.20 bits per heavy atom. The lowest BCUT2D eigenvalue weighted by molar-refractivity contribution is -0.153. The molecule has 1 aromatic carbocycles. The van der Waals surface area contributed by atoms with Crippen LogP contribution in [0.25, 0.3) is 0 Å². The van der Waals surface area contributed by atoms with Crippen LogP contribution in [0.15, 0.2) is 30.3 Å². The fourth-order valence-electron chi connectivity index (χ4n) is 2.40. The van der Waals surface area contributed by atoms with Crippen molar-refractivity contribution in [1.29, 1.82) is 0 Å². The molecular weight excluding hydrogens is 388 g/mol. The predicted molar refractivity (Wildman–Crippen MR) is 112 cm³/mol. The molecule has 0 aliphatic carbocycles. The minimum Gasteiger partial charge on any atom is -0.466 e. The molecule has 8 nitrogen and oxygen atoms in total. The minimum atomic E-state index is -0.990. The van der Waals surface area contributed by atoms with Crippen molar-refractivity contribution < 1.29 is 28.6 Å². The fraction of sp³-hybridized carbons (Fsp3) is 0.591. The van der Waals surface area contributed by atoms with E-state index in [1.807, 2.05) is 44.2 Å². The monoisotopic (exact) mass is 422 g/mol. The van der Waals surface area contributed by atoms with Crippen molar-refractivity contribution in [2.24, 2.45) is 5.73 Å². The zero-order chi connectivity index (χ0) is 22.2. The van der Waals surface area contributed by atoms with E-state index in [1.54, 1.807) is 0 Å². The number of carbonyl (C=O) groups is 3. The molecule has 1 rings (SSSR count). The summed E-state index contributed by atoms with van der Waals surface area (Å²) in [4.78, 5) is 36.4. The van der Waals surface area contributed by atoms with Gasteiger partial charge in [0.05, 0.1) is 19.6 Å². The van der Waals surface area contributed by atoms with Crippen molar-refractivity contribution in [1.82, 2.24) is 5.32 Å². The predicted octanol–water partition coefficient (Wildman–Crippen LogP) is 2.09. The summed E-state index contributed by atoms with van der Waals surface area (Å²) in [6.45, 7) is 4.61. The maximum absolute atomic E-state index is 12.3. The summed E-state index contributed by atoms with van der Waals surface area (Å²) in [7, 11) is 0. The van der Waals surface area contributed by atoms with E-state index in [-0.39, 0.29) is 26.2 Å². The van der Waals surface area contributed by atoms with E-state index in [0.717, 1.165) is 31.2 Å². The van der Waals surface area contributed by atoms with Gasteiger partial charge in [0.2, 0.25) is 0 Å². The lowest BCUT2D eigenvalue weighted by atomic mass is 10.2. The third-order valence-corrected chi connectivity index (χ3v) is 4.27. The molecule has 0 aliphatic heterocycles. The van der Waals surface area contributed by atoms with Gasteiger partial charge in [-0.3, -0.25) is 14.4 Å². The fourth-order valence-corrected chi connectivity index (χ4v) is 2.40. The lowest BCUT2D eigenvalue weighted by Crippen LogP contribution is -2.48. The topological polar surface area (TPSA) is 117 Å². The van der Waals surface area contributed by atoms with Gasteiger partial charge in [-0.2, -0.15) is 0 Å². The first-order chi connectivity index (χ1) is 14.5. The highest BCUT2D eigenvalue weighted by Gasteiger charge is 2.26. The Labute approximate surface area is 178 Å². The summed E-state index contributed by atoms with van der Waals surface area (Å²) in [6, 6.07) is 7.30. The average molecular weight is 423 g/mol. The molecule has 0 radical (unpaired) electrons. The number of esters is 3. The molecule has 2 atom stereocenters. The van der Waals surface area contributed by atoms with E-state index >= 15 is 0 Å². The smallest absolute Gasteiger partial charge is 0.324 e. The highest BCUT2D eigenvalue weighted by atomic mass is 16.5. The van der Waals surface area contributed by atoms with Crippen LogP contribution in [0.4, 0.5) is 0 Å². The maximum Gasteiger partial charge on any atom is 0.324 e. The van der Waals surface area contributed by atoms with Crippen molar-refractivity contribution in [3.63, 3.8) is 0 Å². The molecule has 0 amide bonds. The Morgan fingerprint density at radius 1 is 0.933 bits per heavy atom. The second kappa shape index (κ2) is 15.4. The molecule has 1 aromatic rings. The van der Waals surface area contributed by atoms with E-state index < -0.39 is 30.0 Å². The van der Waals surface area contributed by atoms with E-state index in [4.69, 9.17) is 19.9 Å². The lowest BCUT2D eigenvalue weighted by Gasteiger charge is -2.19. The summed E-state index contributed by atoms with van der Waals surface area (Å²) in [5.41, 5.74) is 6.72. The molecule has 0 unspecified atom stereocenters. The van der Waals surface area contributed by atoms with Crippen LogP contribution in [0.1, 0.15) is 51.5 Å². The summed E-state index contributed by atoms with van der Waals surface area (Å²) >= 11 is 0. The van der Waals surface area contributed by atoms with Crippen LogP contribution in [0.3, 0.4) is 0 Å². The van der Waals surface area contributed by atoms with Gasteiger partial charge in [0.15, 0.2) is 0 Å². The van der Waals surface area contributed by atoms with Gasteiger partial charge in [0, 0.05) is 6.54 Å². The number of nitrogens with two attached hydrogens (primary N) is 1. The van der Waals surface area contributed by atoms with Gasteiger partial charge >= 0.3 is 17.9 Å². The molecule has 0 heterocycles. The van der Waals surface area contributed by atoms with Crippen LogP contribution in [0.2, 0.25) is 0 Å². The first-order valence-corrected chi connectivity index (χ1v) is 10.5. The normalized spacial score (nSPS) is 12.6. The first kappa shape index (κ1) is 25.6. The SMILES string of the molecule is CCCCOC(=O)C[C@H](NC[C@H](N)C(=O)OCc1ccccc1)C(=O)OCCCC. The van der Waals surface area contributed by atoms with Crippen molar-refractivity contribution in [3.05, 3.63) is 35.9 Å². The quantitative estimate of drug-likeness (QED) is 0.251. The minimum absolute atomic E-state index is 0.0383. The van der Waals surface area contributed by atoms with E-state index in [0.29, 0.717) is 6.61 Å². The highest BCUT2D eigenvalue weighted by Crippen LogP contribution is 2.04. The van der Waals surface area contributed by atoms with Gasteiger partial charge in [-0.1, -0.05) is 57.0 Å². The van der Waals surface area contributed by atoms with Gasteiger partial charge in [-0.05, 0) is 18.4 Å². The largest absolute Gasteiger partial charge is 0.466 e. The molecule has 30 heavy (non-hydrogen) atoms. The van der Waals surface area contributed by atoms with Crippen molar-refractivity contribution in [3.8, 4) is 0 Å².